The molecule has 0 saturated heterocycles. The molecule has 1 aromatic heterocycles. The van der Waals surface area contributed by atoms with Crippen molar-refractivity contribution < 1.29 is 5.11 Å². The number of aliphatic hydroxyl groups is 1. The zero-order valence-corrected chi connectivity index (χ0v) is 16.8. The van der Waals surface area contributed by atoms with Crippen LogP contribution in [0, 0.1) is 0 Å². The van der Waals surface area contributed by atoms with Gasteiger partial charge >= 0.3 is 0 Å². The highest BCUT2D eigenvalue weighted by Crippen LogP contribution is 2.36. The molecule has 3 rings (SSSR count). The molecule has 130 valence electrons. The fourth-order valence-electron chi connectivity index (χ4n) is 2.77. The predicted octanol–water partition coefficient (Wildman–Crippen LogP) is 5.74. The van der Waals surface area contributed by atoms with Gasteiger partial charge in [-0.2, -0.15) is 0 Å². The van der Waals surface area contributed by atoms with Gasteiger partial charge in [-0.25, -0.2) is 4.98 Å². The Bertz CT molecular complexity index is 886. The van der Waals surface area contributed by atoms with Gasteiger partial charge in [0.25, 0.3) is 0 Å². The number of rotatable bonds is 5. The Hall–Kier alpha value is -1.04. The molecule has 3 aromatic rings. The molecule has 25 heavy (non-hydrogen) atoms. The van der Waals surface area contributed by atoms with Crippen LogP contribution in [0.1, 0.15) is 11.1 Å². The SMILES string of the molecule is OC(Cc1ccc(Cl)c(Cl)c1)(Cn1ccnc1)c1ccc(Cl)cc1Br. The maximum atomic E-state index is 11.5. The Labute approximate surface area is 169 Å². The molecule has 3 nitrogen and oxygen atoms in total. The fourth-order valence-corrected chi connectivity index (χ4v) is 4.15. The Morgan fingerprint density at radius 1 is 1.08 bits per heavy atom. The molecule has 0 amide bonds. The lowest BCUT2D eigenvalue weighted by Crippen LogP contribution is -2.34. The summed E-state index contributed by atoms with van der Waals surface area (Å²) in [6.45, 7) is 0.327. The highest BCUT2D eigenvalue weighted by Gasteiger charge is 2.32. The third-order valence-electron chi connectivity index (χ3n) is 3.92. The summed E-state index contributed by atoms with van der Waals surface area (Å²) in [5.74, 6) is 0. The number of imidazole rings is 1. The van der Waals surface area contributed by atoms with Crippen molar-refractivity contribution in [3.8, 4) is 0 Å². The number of aromatic nitrogens is 2. The van der Waals surface area contributed by atoms with Crippen LogP contribution in [0.4, 0.5) is 0 Å². The molecule has 0 radical (unpaired) electrons. The van der Waals surface area contributed by atoms with Gasteiger partial charge in [-0.15, -0.1) is 0 Å². The average Bonchev–Trinajstić information content (AvgIpc) is 3.03. The smallest absolute Gasteiger partial charge is 0.113 e. The highest BCUT2D eigenvalue weighted by atomic mass is 79.9. The standard InChI is InChI=1S/C18H14BrCl3N2O/c19-15-8-13(20)2-3-14(15)18(25,10-24-6-5-23-11-24)9-12-1-4-16(21)17(22)7-12/h1-8,11,25H,9-10H2. The fraction of sp³-hybridized carbons (Fsp3) is 0.167. The van der Waals surface area contributed by atoms with Gasteiger partial charge in [0.15, 0.2) is 0 Å². The Balaban J connectivity index is 2.03. The summed E-state index contributed by atoms with van der Waals surface area (Å²) >= 11 is 21.7. The molecule has 0 aliphatic heterocycles. The van der Waals surface area contributed by atoms with Crippen LogP contribution in [-0.4, -0.2) is 14.7 Å². The second-order valence-electron chi connectivity index (χ2n) is 5.82. The number of halogens is 4. The zero-order valence-electron chi connectivity index (χ0n) is 13.0. The summed E-state index contributed by atoms with van der Waals surface area (Å²) in [4.78, 5) is 4.05. The maximum Gasteiger partial charge on any atom is 0.113 e. The van der Waals surface area contributed by atoms with E-state index in [1.165, 1.54) is 0 Å². The van der Waals surface area contributed by atoms with Gasteiger partial charge in [-0.3, -0.25) is 0 Å². The molecule has 1 atom stereocenters. The van der Waals surface area contributed by atoms with Crippen molar-refractivity contribution in [2.45, 2.75) is 18.6 Å². The van der Waals surface area contributed by atoms with Crippen molar-refractivity contribution in [1.29, 1.82) is 0 Å². The van der Waals surface area contributed by atoms with Crippen molar-refractivity contribution in [3.05, 3.63) is 85.8 Å². The van der Waals surface area contributed by atoms with Crippen LogP contribution < -0.4 is 0 Å². The zero-order chi connectivity index (χ0) is 18.0. The van der Waals surface area contributed by atoms with E-state index in [9.17, 15) is 5.11 Å². The molecule has 7 heteroatoms. The second-order valence-corrected chi connectivity index (χ2v) is 7.92. The molecule has 0 saturated carbocycles. The molecule has 1 heterocycles. The largest absolute Gasteiger partial charge is 0.383 e. The number of hydrogen-bond acceptors (Lipinski definition) is 2. The van der Waals surface area contributed by atoms with Crippen LogP contribution in [0.2, 0.25) is 15.1 Å². The topological polar surface area (TPSA) is 38.0 Å². The lowest BCUT2D eigenvalue weighted by Gasteiger charge is -2.30. The number of hydrogen-bond donors (Lipinski definition) is 1. The molecule has 0 fully saturated rings. The van der Waals surface area contributed by atoms with Gasteiger partial charge in [0.2, 0.25) is 0 Å². The van der Waals surface area contributed by atoms with Crippen molar-refractivity contribution >= 4 is 50.7 Å². The van der Waals surface area contributed by atoms with E-state index in [4.69, 9.17) is 34.8 Å². The molecule has 0 bridgehead atoms. The van der Waals surface area contributed by atoms with E-state index in [0.29, 0.717) is 28.0 Å². The summed E-state index contributed by atoms with van der Waals surface area (Å²) in [7, 11) is 0. The summed E-state index contributed by atoms with van der Waals surface area (Å²) in [6.07, 6.45) is 5.51. The van der Waals surface area contributed by atoms with Crippen LogP contribution in [0.5, 0.6) is 0 Å². The molecule has 0 spiro atoms. The van der Waals surface area contributed by atoms with Crippen LogP contribution in [0.3, 0.4) is 0 Å². The lowest BCUT2D eigenvalue weighted by molar-refractivity contribution is 0.0178. The first-order valence-electron chi connectivity index (χ1n) is 7.45. The molecule has 2 aromatic carbocycles. The minimum absolute atomic E-state index is 0.327. The van der Waals surface area contributed by atoms with E-state index in [1.54, 1.807) is 36.8 Å². The van der Waals surface area contributed by atoms with Crippen molar-refractivity contribution in [2.24, 2.45) is 0 Å². The van der Waals surface area contributed by atoms with Gasteiger partial charge in [0, 0.05) is 28.3 Å². The normalized spacial score (nSPS) is 13.6. The second kappa shape index (κ2) is 7.68. The predicted molar refractivity (Wildman–Crippen MR) is 105 cm³/mol. The molecular formula is C18H14BrCl3N2O. The highest BCUT2D eigenvalue weighted by molar-refractivity contribution is 9.10. The number of nitrogens with zero attached hydrogens (tertiary/aromatic N) is 2. The summed E-state index contributed by atoms with van der Waals surface area (Å²) in [5.41, 5.74) is 0.414. The van der Waals surface area contributed by atoms with E-state index in [1.807, 2.05) is 22.9 Å². The van der Waals surface area contributed by atoms with E-state index in [0.717, 1.165) is 15.6 Å². The van der Waals surface area contributed by atoms with Gasteiger partial charge in [0.05, 0.1) is 22.9 Å². The van der Waals surface area contributed by atoms with Crippen molar-refractivity contribution in [2.75, 3.05) is 0 Å². The van der Waals surface area contributed by atoms with Gasteiger partial charge in [-0.05, 0) is 35.4 Å². The summed E-state index contributed by atoms with van der Waals surface area (Å²) in [5, 5.41) is 13.1. The van der Waals surface area contributed by atoms with Crippen LogP contribution >= 0.6 is 50.7 Å². The van der Waals surface area contributed by atoms with E-state index in [2.05, 4.69) is 20.9 Å². The maximum absolute atomic E-state index is 11.5. The third-order valence-corrected chi connectivity index (χ3v) is 5.55. The van der Waals surface area contributed by atoms with E-state index < -0.39 is 5.60 Å². The minimum atomic E-state index is -1.19. The van der Waals surface area contributed by atoms with Gasteiger partial charge < -0.3 is 9.67 Å². The Morgan fingerprint density at radius 3 is 2.52 bits per heavy atom. The molecular weight excluding hydrogens is 446 g/mol. The third kappa shape index (κ3) is 4.39. The van der Waals surface area contributed by atoms with E-state index >= 15 is 0 Å². The van der Waals surface area contributed by atoms with Crippen LogP contribution in [0.15, 0.2) is 59.6 Å². The van der Waals surface area contributed by atoms with Crippen LogP contribution in [-0.2, 0) is 18.6 Å². The molecule has 1 N–H and O–H groups in total. The molecule has 0 aliphatic rings. The van der Waals surface area contributed by atoms with Gasteiger partial charge in [-0.1, -0.05) is 62.9 Å². The minimum Gasteiger partial charge on any atom is -0.383 e. The quantitative estimate of drug-likeness (QED) is 0.528. The average molecular weight is 461 g/mol. The summed E-state index contributed by atoms with van der Waals surface area (Å²) < 4.78 is 2.57. The monoisotopic (exact) mass is 458 g/mol. The number of benzene rings is 2. The molecule has 1 unspecified atom stereocenters. The first-order valence-corrected chi connectivity index (χ1v) is 9.38. The van der Waals surface area contributed by atoms with Crippen LogP contribution in [0.25, 0.3) is 0 Å². The van der Waals surface area contributed by atoms with E-state index in [-0.39, 0.29) is 0 Å². The lowest BCUT2D eigenvalue weighted by atomic mass is 9.87. The van der Waals surface area contributed by atoms with Gasteiger partial charge in [0.1, 0.15) is 5.60 Å². The molecule has 0 aliphatic carbocycles. The van der Waals surface area contributed by atoms with Crippen molar-refractivity contribution in [3.63, 3.8) is 0 Å². The summed E-state index contributed by atoms with van der Waals surface area (Å²) in [6, 6.07) is 10.7. The Morgan fingerprint density at radius 2 is 1.88 bits per heavy atom. The first kappa shape index (κ1) is 18.7. The first-order chi connectivity index (χ1) is 11.9. The Kier molecular flexibility index (Phi) is 5.76. The van der Waals surface area contributed by atoms with Crippen molar-refractivity contribution in [1.82, 2.24) is 9.55 Å².